The molecule has 1 nitrogen and oxygen atoms in total. The van der Waals surface area contributed by atoms with Crippen molar-refractivity contribution in [2.75, 3.05) is 0 Å². The van der Waals surface area contributed by atoms with Crippen LogP contribution >= 0.6 is 8.46 Å². The third kappa shape index (κ3) is 14.3. The molecule has 0 bridgehead atoms. The molecule has 0 atom stereocenters. The van der Waals surface area contributed by atoms with Crippen molar-refractivity contribution in [2.45, 2.75) is 109 Å². The van der Waals surface area contributed by atoms with Gasteiger partial charge in [-0.25, -0.2) is 0 Å². The van der Waals surface area contributed by atoms with Crippen LogP contribution in [0.1, 0.15) is 104 Å². The topological polar surface area (TPSA) is 17.1 Å². The van der Waals surface area contributed by atoms with E-state index in [2.05, 4.69) is 13.8 Å². The lowest BCUT2D eigenvalue weighted by Gasteiger charge is -2.09. The Hall–Kier alpha value is 0.100. The Morgan fingerprint density at radius 2 is 1.00 bits per heavy atom. The standard InChI is InChI=1S/C17H35OP/c1-3-5-7-9-11-13-15-17(19-18)16-14-12-10-8-6-4-2/h17H,3-16H2,1-2H3. The Morgan fingerprint density at radius 3 is 1.37 bits per heavy atom. The highest BCUT2D eigenvalue weighted by Gasteiger charge is 2.07. The van der Waals surface area contributed by atoms with Crippen molar-refractivity contribution >= 4 is 8.46 Å². The average molecular weight is 286 g/mol. The minimum Gasteiger partial charge on any atom is -0.275 e. The maximum absolute atomic E-state index is 11.1. The Balaban J connectivity index is 3.32. The summed E-state index contributed by atoms with van der Waals surface area (Å²) in [7, 11) is 0.390. The van der Waals surface area contributed by atoms with Gasteiger partial charge in [0.15, 0.2) is 8.46 Å². The van der Waals surface area contributed by atoms with Crippen molar-refractivity contribution in [3.05, 3.63) is 0 Å². The van der Waals surface area contributed by atoms with Crippen molar-refractivity contribution in [1.29, 1.82) is 0 Å². The second kappa shape index (κ2) is 16.2. The fraction of sp³-hybridized carbons (Fsp3) is 1.00. The van der Waals surface area contributed by atoms with E-state index in [4.69, 9.17) is 0 Å². The normalized spacial score (nSPS) is 11.5. The van der Waals surface area contributed by atoms with Crippen molar-refractivity contribution in [1.82, 2.24) is 0 Å². The maximum atomic E-state index is 11.1. The van der Waals surface area contributed by atoms with E-state index in [0.29, 0.717) is 14.1 Å². The first-order chi connectivity index (χ1) is 9.35. The van der Waals surface area contributed by atoms with Crippen LogP contribution in [0, 0.1) is 0 Å². The first-order valence-corrected chi connectivity index (χ1v) is 9.55. The third-order valence-electron chi connectivity index (χ3n) is 3.93. The van der Waals surface area contributed by atoms with Gasteiger partial charge in [-0.3, -0.25) is 4.57 Å². The highest BCUT2D eigenvalue weighted by molar-refractivity contribution is 7.24. The fourth-order valence-electron chi connectivity index (χ4n) is 2.57. The molecule has 0 aliphatic carbocycles. The summed E-state index contributed by atoms with van der Waals surface area (Å²) in [4.78, 5) is 0. The predicted octanol–water partition coefficient (Wildman–Crippen LogP) is 7.15. The van der Waals surface area contributed by atoms with Crippen LogP contribution < -0.4 is 0 Å². The van der Waals surface area contributed by atoms with Crippen LogP contribution in [0.15, 0.2) is 0 Å². The van der Waals surface area contributed by atoms with E-state index in [-0.39, 0.29) is 0 Å². The lowest BCUT2D eigenvalue weighted by molar-refractivity contribution is 0.525. The van der Waals surface area contributed by atoms with Crippen LogP contribution in [0.4, 0.5) is 0 Å². The molecule has 0 saturated carbocycles. The smallest absolute Gasteiger partial charge is 0.158 e. The molecular formula is C17H35OP. The summed E-state index contributed by atoms with van der Waals surface area (Å²) in [5.41, 5.74) is 0.442. The molecule has 0 aromatic carbocycles. The largest absolute Gasteiger partial charge is 0.275 e. The summed E-state index contributed by atoms with van der Waals surface area (Å²) < 4.78 is 11.1. The van der Waals surface area contributed by atoms with Crippen LogP contribution in [-0.4, -0.2) is 5.66 Å². The van der Waals surface area contributed by atoms with Crippen molar-refractivity contribution in [3.8, 4) is 0 Å². The zero-order valence-electron chi connectivity index (χ0n) is 13.3. The van der Waals surface area contributed by atoms with E-state index in [0.717, 1.165) is 0 Å². The highest BCUT2D eigenvalue weighted by Crippen LogP contribution is 2.22. The highest BCUT2D eigenvalue weighted by atomic mass is 31.1. The van der Waals surface area contributed by atoms with Gasteiger partial charge in [0, 0.05) is 5.66 Å². The molecule has 0 radical (unpaired) electrons. The quantitative estimate of drug-likeness (QED) is 0.231. The summed E-state index contributed by atoms with van der Waals surface area (Å²) >= 11 is 0. The SMILES string of the molecule is CCCCCCCCC(CCCCCCCC)P=O. The molecule has 0 spiro atoms. The number of hydrogen-bond acceptors (Lipinski definition) is 1. The minimum absolute atomic E-state index is 0.390. The van der Waals surface area contributed by atoms with E-state index in [1.807, 2.05) is 0 Å². The van der Waals surface area contributed by atoms with Crippen LogP contribution in [0.5, 0.6) is 0 Å². The zero-order valence-corrected chi connectivity index (χ0v) is 14.2. The van der Waals surface area contributed by atoms with Crippen LogP contribution in [0.25, 0.3) is 0 Å². The lowest BCUT2D eigenvalue weighted by atomic mass is 10.0. The molecule has 0 unspecified atom stereocenters. The third-order valence-corrected chi connectivity index (χ3v) is 4.75. The predicted molar refractivity (Wildman–Crippen MR) is 87.4 cm³/mol. The first-order valence-electron chi connectivity index (χ1n) is 8.67. The lowest BCUT2D eigenvalue weighted by Crippen LogP contribution is -1.99. The Morgan fingerprint density at radius 1 is 0.632 bits per heavy atom. The van der Waals surface area contributed by atoms with E-state index < -0.39 is 0 Å². The van der Waals surface area contributed by atoms with E-state index in [1.165, 1.54) is 89.9 Å². The monoisotopic (exact) mass is 286 g/mol. The van der Waals surface area contributed by atoms with Gasteiger partial charge in [-0.1, -0.05) is 90.9 Å². The molecule has 0 N–H and O–H groups in total. The van der Waals surface area contributed by atoms with Crippen molar-refractivity contribution in [2.24, 2.45) is 0 Å². The van der Waals surface area contributed by atoms with E-state index >= 15 is 0 Å². The number of rotatable bonds is 15. The molecule has 0 saturated heterocycles. The van der Waals surface area contributed by atoms with E-state index in [1.54, 1.807) is 0 Å². The molecule has 0 heterocycles. The van der Waals surface area contributed by atoms with Gasteiger partial charge in [-0.05, 0) is 12.8 Å². The van der Waals surface area contributed by atoms with Crippen molar-refractivity contribution < 1.29 is 4.57 Å². The van der Waals surface area contributed by atoms with Gasteiger partial charge in [-0.2, -0.15) is 0 Å². The second-order valence-corrected chi connectivity index (χ2v) is 6.81. The fourth-order valence-corrected chi connectivity index (χ4v) is 3.15. The van der Waals surface area contributed by atoms with Gasteiger partial charge in [0.2, 0.25) is 0 Å². The summed E-state index contributed by atoms with van der Waals surface area (Å²) in [6.07, 6.45) is 18.5. The van der Waals surface area contributed by atoms with Gasteiger partial charge in [0.05, 0.1) is 0 Å². The summed E-state index contributed by atoms with van der Waals surface area (Å²) in [6.45, 7) is 4.51. The second-order valence-electron chi connectivity index (χ2n) is 5.87. The van der Waals surface area contributed by atoms with Crippen LogP contribution in [0.3, 0.4) is 0 Å². The minimum atomic E-state index is 0.390. The molecule has 114 valence electrons. The Labute approximate surface area is 123 Å². The average Bonchev–Trinajstić information content (AvgIpc) is 2.44. The molecule has 0 aliphatic rings. The maximum Gasteiger partial charge on any atom is 0.158 e. The summed E-state index contributed by atoms with van der Waals surface area (Å²) in [5.74, 6) is 0. The molecule has 0 aliphatic heterocycles. The van der Waals surface area contributed by atoms with Gasteiger partial charge >= 0.3 is 0 Å². The number of hydrogen-bond donors (Lipinski definition) is 0. The first kappa shape index (κ1) is 19.1. The molecule has 19 heavy (non-hydrogen) atoms. The molecule has 0 fully saturated rings. The molecule has 0 amide bonds. The Kier molecular flexibility index (Phi) is 16.2. The van der Waals surface area contributed by atoms with Gasteiger partial charge < -0.3 is 0 Å². The molecule has 0 rings (SSSR count). The van der Waals surface area contributed by atoms with Crippen LogP contribution in [-0.2, 0) is 4.57 Å². The molecule has 0 aromatic rings. The van der Waals surface area contributed by atoms with Crippen LogP contribution in [0.2, 0.25) is 0 Å². The molecule has 2 heteroatoms. The zero-order chi connectivity index (χ0) is 14.2. The molecular weight excluding hydrogens is 251 g/mol. The van der Waals surface area contributed by atoms with Gasteiger partial charge in [-0.15, -0.1) is 0 Å². The van der Waals surface area contributed by atoms with Gasteiger partial charge in [0.1, 0.15) is 0 Å². The van der Waals surface area contributed by atoms with Gasteiger partial charge in [0.25, 0.3) is 0 Å². The molecule has 0 aromatic heterocycles. The van der Waals surface area contributed by atoms with E-state index in [9.17, 15) is 4.57 Å². The summed E-state index contributed by atoms with van der Waals surface area (Å²) in [6, 6.07) is 0. The Bertz CT molecular complexity index is 166. The number of unbranched alkanes of at least 4 members (excludes halogenated alkanes) is 10. The summed E-state index contributed by atoms with van der Waals surface area (Å²) in [5, 5.41) is 0. The van der Waals surface area contributed by atoms with Crippen molar-refractivity contribution in [3.63, 3.8) is 0 Å².